The van der Waals surface area contributed by atoms with Crippen molar-refractivity contribution < 1.29 is 27.8 Å². The molecule has 0 fully saturated rings. The second-order valence-corrected chi connectivity index (χ2v) is 6.57. The molecular formula is C20H16F3N3O3. The van der Waals surface area contributed by atoms with Gasteiger partial charge in [-0.2, -0.15) is 28.5 Å². The smallest absolute Gasteiger partial charge is 0.438 e. The van der Waals surface area contributed by atoms with Crippen molar-refractivity contribution >= 4 is 11.6 Å². The summed E-state index contributed by atoms with van der Waals surface area (Å²) in [5.41, 5.74) is -2.42. The van der Waals surface area contributed by atoms with Gasteiger partial charge < -0.3 is 9.84 Å². The molecule has 1 aliphatic heterocycles. The molecule has 0 saturated carbocycles. The molecule has 1 aliphatic rings. The van der Waals surface area contributed by atoms with Gasteiger partial charge in [0.25, 0.3) is 11.6 Å². The maximum atomic E-state index is 13.3. The van der Waals surface area contributed by atoms with Crippen molar-refractivity contribution in [1.29, 1.82) is 5.26 Å². The number of nitriles is 1. The minimum absolute atomic E-state index is 0.00141. The Labute approximate surface area is 164 Å². The Kier molecular flexibility index (Phi) is 5.31. The van der Waals surface area contributed by atoms with E-state index in [1.807, 2.05) is 6.07 Å². The molecule has 6 nitrogen and oxygen atoms in total. The Morgan fingerprint density at radius 3 is 2.62 bits per heavy atom. The second-order valence-electron chi connectivity index (χ2n) is 6.57. The van der Waals surface area contributed by atoms with Gasteiger partial charge in [-0.15, -0.1) is 0 Å². The number of hydrogen-bond acceptors (Lipinski definition) is 5. The first-order valence-electron chi connectivity index (χ1n) is 8.54. The van der Waals surface area contributed by atoms with Crippen molar-refractivity contribution in [2.24, 2.45) is 5.10 Å². The van der Waals surface area contributed by atoms with E-state index in [1.165, 1.54) is 25.1 Å². The summed E-state index contributed by atoms with van der Waals surface area (Å²) < 4.78 is 45.6. The lowest BCUT2D eigenvalue weighted by molar-refractivity contribution is -0.297. The highest BCUT2D eigenvalue weighted by Gasteiger charge is 2.62. The molecule has 150 valence electrons. The van der Waals surface area contributed by atoms with Crippen LogP contribution in [0.3, 0.4) is 0 Å². The number of nitrogens with zero attached hydrogens (tertiary/aromatic N) is 3. The van der Waals surface area contributed by atoms with Crippen molar-refractivity contribution in [2.45, 2.75) is 31.9 Å². The molecule has 0 saturated heterocycles. The van der Waals surface area contributed by atoms with Crippen LogP contribution in [-0.4, -0.2) is 33.6 Å². The molecule has 2 aromatic carbocycles. The van der Waals surface area contributed by atoms with Crippen molar-refractivity contribution in [3.05, 3.63) is 65.2 Å². The maximum absolute atomic E-state index is 13.3. The number of aliphatic hydroxyl groups is 1. The first-order valence-corrected chi connectivity index (χ1v) is 8.54. The average molecular weight is 403 g/mol. The predicted octanol–water partition coefficient (Wildman–Crippen LogP) is 3.61. The topological polar surface area (TPSA) is 85.9 Å². The Balaban J connectivity index is 1.78. The Morgan fingerprint density at radius 2 is 2.00 bits per heavy atom. The lowest BCUT2D eigenvalue weighted by Crippen LogP contribution is -2.56. The van der Waals surface area contributed by atoms with E-state index in [-0.39, 0.29) is 22.9 Å². The summed E-state index contributed by atoms with van der Waals surface area (Å²) in [6.45, 7) is 1.37. The van der Waals surface area contributed by atoms with E-state index in [9.17, 15) is 23.1 Å². The van der Waals surface area contributed by atoms with Crippen molar-refractivity contribution in [3.63, 3.8) is 0 Å². The summed E-state index contributed by atoms with van der Waals surface area (Å²) >= 11 is 0. The van der Waals surface area contributed by atoms with Gasteiger partial charge in [0.05, 0.1) is 11.6 Å². The SMILES string of the molecule is CC1=NN(C(=O)c2cccc(COc3ccc(C#N)cc3)c2)[C@](O)(C(F)(F)F)C1. The summed E-state index contributed by atoms with van der Waals surface area (Å²) in [5, 5.41) is 22.5. The zero-order valence-corrected chi connectivity index (χ0v) is 15.3. The molecule has 0 spiro atoms. The molecule has 0 radical (unpaired) electrons. The number of amides is 1. The molecule has 1 amide bonds. The van der Waals surface area contributed by atoms with Crippen molar-refractivity contribution in [3.8, 4) is 11.8 Å². The van der Waals surface area contributed by atoms with Crippen LogP contribution in [0.25, 0.3) is 0 Å². The fraction of sp³-hybridized carbons (Fsp3) is 0.250. The van der Waals surface area contributed by atoms with E-state index < -0.39 is 24.2 Å². The Morgan fingerprint density at radius 1 is 1.31 bits per heavy atom. The first kappa shape index (κ1) is 20.4. The highest BCUT2D eigenvalue weighted by Crippen LogP contribution is 2.40. The summed E-state index contributed by atoms with van der Waals surface area (Å²) in [5.74, 6) is -0.575. The monoisotopic (exact) mass is 403 g/mol. The molecule has 1 heterocycles. The molecule has 0 aliphatic carbocycles. The van der Waals surface area contributed by atoms with Crippen LogP contribution in [0.5, 0.6) is 5.75 Å². The molecule has 2 aromatic rings. The fourth-order valence-corrected chi connectivity index (χ4v) is 2.86. The summed E-state index contributed by atoms with van der Waals surface area (Å²) in [6, 6.07) is 14.2. The van der Waals surface area contributed by atoms with Gasteiger partial charge in [-0.1, -0.05) is 12.1 Å². The highest BCUT2D eigenvalue weighted by molar-refractivity contribution is 5.98. The van der Waals surface area contributed by atoms with Crippen LogP contribution in [0.4, 0.5) is 13.2 Å². The zero-order valence-electron chi connectivity index (χ0n) is 15.3. The van der Waals surface area contributed by atoms with Gasteiger partial charge in [-0.05, 0) is 48.9 Å². The normalized spacial score (nSPS) is 18.9. The van der Waals surface area contributed by atoms with Crippen LogP contribution in [0.15, 0.2) is 53.6 Å². The highest BCUT2D eigenvalue weighted by atomic mass is 19.4. The largest absolute Gasteiger partial charge is 0.489 e. The standard InChI is InChI=1S/C20H16F3N3O3/c1-13-10-19(28,20(21,22)23)26(25-13)18(27)16-4-2-3-15(9-16)12-29-17-7-5-14(11-24)6-8-17/h2-9,28H,10,12H2,1H3/t19-/m1/s1. The third-order valence-corrected chi connectivity index (χ3v) is 4.33. The summed E-state index contributed by atoms with van der Waals surface area (Å²) in [6.07, 6.45) is -5.86. The van der Waals surface area contributed by atoms with Crippen molar-refractivity contribution in [2.75, 3.05) is 0 Å². The molecule has 3 rings (SSSR count). The summed E-state index contributed by atoms with van der Waals surface area (Å²) in [7, 11) is 0. The average Bonchev–Trinajstić information content (AvgIpc) is 3.02. The number of alkyl halides is 3. The Hall–Kier alpha value is -3.38. The number of benzene rings is 2. The van der Waals surface area contributed by atoms with Crippen molar-refractivity contribution in [1.82, 2.24) is 5.01 Å². The molecule has 29 heavy (non-hydrogen) atoms. The number of carbonyl (C=O) groups is 1. The fourth-order valence-electron chi connectivity index (χ4n) is 2.86. The van der Waals surface area contributed by atoms with E-state index in [2.05, 4.69) is 5.10 Å². The number of hydrogen-bond donors (Lipinski definition) is 1. The van der Waals surface area contributed by atoms with Gasteiger partial charge in [0, 0.05) is 17.7 Å². The zero-order chi connectivity index (χ0) is 21.2. The van der Waals surface area contributed by atoms with E-state index in [1.54, 1.807) is 30.3 Å². The molecule has 9 heteroatoms. The van der Waals surface area contributed by atoms with E-state index in [4.69, 9.17) is 10.00 Å². The third-order valence-electron chi connectivity index (χ3n) is 4.33. The number of halogens is 3. The van der Waals surface area contributed by atoms with Gasteiger partial charge >= 0.3 is 6.18 Å². The lowest BCUT2D eigenvalue weighted by Gasteiger charge is -2.32. The van der Waals surface area contributed by atoms with Gasteiger partial charge in [0.2, 0.25) is 0 Å². The van der Waals surface area contributed by atoms with E-state index in [0.29, 0.717) is 16.9 Å². The molecular weight excluding hydrogens is 387 g/mol. The number of hydrazone groups is 1. The minimum atomic E-state index is -5.06. The van der Waals surface area contributed by atoms with E-state index in [0.717, 1.165) is 0 Å². The van der Waals surface area contributed by atoms with Crippen LogP contribution in [0, 0.1) is 11.3 Å². The first-order chi connectivity index (χ1) is 13.6. The third kappa shape index (κ3) is 4.07. The lowest BCUT2D eigenvalue weighted by atomic mass is 10.1. The second kappa shape index (κ2) is 7.56. The molecule has 1 N–H and O–H groups in total. The molecule has 1 atom stereocenters. The van der Waals surface area contributed by atoms with Crippen LogP contribution < -0.4 is 4.74 Å². The van der Waals surface area contributed by atoms with Gasteiger partial charge in [0.15, 0.2) is 0 Å². The van der Waals surface area contributed by atoms with Crippen LogP contribution in [0.2, 0.25) is 0 Å². The molecule has 0 aromatic heterocycles. The van der Waals surface area contributed by atoms with E-state index >= 15 is 0 Å². The van der Waals surface area contributed by atoms with Crippen LogP contribution in [0.1, 0.15) is 34.8 Å². The molecule has 0 unspecified atom stereocenters. The minimum Gasteiger partial charge on any atom is -0.489 e. The van der Waals surface area contributed by atoms with Crippen LogP contribution >= 0.6 is 0 Å². The predicted molar refractivity (Wildman–Crippen MR) is 96.8 cm³/mol. The number of carbonyl (C=O) groups excluding carboxylic acids is 1. The maximum Gasteiger partial charge on any atom is 0.438 e. The van der Waals surface area contributed by atoms with Crippen LogP contribution in [-0.2, 0) is 6.61 Å². The van der Waals surface area contributed by atoms with Gasteiger partial charge in [-0.3, -0.25) is 4.79 Å². The van der Waals surface area contributed by atoms with Gasteiger partial charge in [0.1, 0.15) is 12.4 Å². The van der Waals surface area contributed by atoms with Gasteiger partial charge in [-0.25, -0.2) is 0 Å². The number of ether oxygens (including phenoxy) is 1. The number of rotatable bonds is 4. The molecule has 0 bridgehead atoms. The Bertz CT molecular complexity index is 997. The summed E-state index contributed by atoms with van der Waals surface area (Å²) in [4.78, 5) is 12.6. The quantitative estimate of drug-likeness (QED) is 0.845.